The molecule has 9 heteroatoms. The van der Waals surface area contributed by atoms with Crippen molar-refractivity contribution in [3.63, 3.8) is 0 Å². The van der Waals surface area contributed by atoms with Crippen molar-refractivity contribution in [2.24, 2.45) is 0 Å². The van der Waals surface area contributed by atoms with Gasteiger partial charge in [0.05, 0.1) is 12.6 Å². The van der Waals surface area contributed by atoms with Gasteiger partial charge in [0.25, 0.3) is 11.8 Å². The van der Waals surface area contributed by atoms with Crippen molar-refractivity contribution < 1.29 is 24.7 Å². The summed E-state index contributed by atoms with van der Waals surface area (Å²) in [5.74, 6) is 9.83. The molecule has 0 bridgehead atoms. The van der Waals surface area contributed by atoms with Crippen LogP contribution in [0.5, 0.6) is 0 Å². The van der Waals surface area contributed by atoms with E-state index in [-0.39, 0.29) is 11.5 Å². The van der Waals surface area contributed by atoms with Crippen molar-refractivity contribution in [3.8, 4) is 23.7 Å². The van der Waals surface area contributed by atoms with Crippen molar-refractivity contribution in [1.29, 1.82) is 0 Å². The van der Waals surface area contributed by atoms with Crippen molar-refractivity contribution >= 4 is 23.4 Å². The molecule has 3 rings (SSSR count). The lowest BCUT2D eigenvalue weighted by molar-refractivity contribution is -0.133. The Bertz CT molecular complexity index is 1240. The fraction of sp³-hybridized carbons (Fsp3) is 0.367. The molecule has 2 aromatic carbocycles. The van der Waals surface area contributed by atoms with Gasteiger partial charge in [-0.05, 0) is 80.1 Å². The van der Waals surface area contributed by atoms with Crippen molar-refractivity contribution in [1.82, 2.24) is 16.1 Å². The van der Waals surface area contributed by atoms with Gasteiger partial charge in [0, 0.05) is 28.4 Å². The highest BCUT2D eigenvalue weighted by Crippen LogP contribution is 2.17. The second kappa shape index (κ2) is 15.3. The number of aliphatic hydroxyl groups excluding tert-OH is 1. The largest absolute Gasteiger partial charge is 0.391 e. The second-order valence-corrected chi connectivity index (χ2v) is 9.44. The molecule has 1 fully saturated rings. The molecule has 0 heterocycles. The fourth-order valence-electron chi connectivity index (χ4n) is 4.17. The third kappa shape index (κ3) is 9.91. The highest BCUT2D eigenvalue weighted by molar-refractivity contribution is 5.97. The van der Waals surface area contributed by atoms with E-state index >= 15 is 0 Å². The normalized spacial score (nSPS) is 14.7. The first-order chi connectivity index (χ1) is 18.9. The third-order valence-electron chi connectivity index (χ3n) is 6.36. The molecule has 2 atom stereocenters. The minimum absolute atomic E-state index is 0.0640. The van der Waals surface area contributed by atoms with Gasteiger partial charge in [-0.25, -0.2) is 5.48 Å². The molecular formula is C30H34N4O5. The minimum Gasteiger partial charge on any atom is -0.391 e. The Morgan fingerprint density at radius 2 is 1.46 bits per heavy atom. The quantitative estimate of drug-likeness (QED) is 0.134. The molecule has 0 aromatic heterocycles. The Kier molecular flexibility index (Phi) is 11.5. The third-order valence-corrected chi connectivity index (χ3v) is 6.36. The summed E-state index contributed by atoms with van der Waals surface area (Å²) in [5.41, 5.74) is 3.77. The van der Waals surface area contributed by atoms with Crippen LogP contribution in [0.15, 0.2) is 48.5 Å². The van der Waals surface area contributed by atoms with Gasteiger partial charge in [-0.15, -0.1) is 0 Å². The summed E-state index contributed by atoms with van der Waals surface area (Å²) in [5, 5.41) is 27.0. The van der Waals surface area contributed by atoms with E-state index in [0.29, 0.717) is 23.8 Å². The van der Waals surface area contributed by atoms with E-state index in [9.17, 15) is 19.5 Å². The average Bonchev–Trinajstić information content (AvgIpc) is 3.22. The van der Waals surface area contributed by atoms with Gasteiger partial charge in [-0.3, -0.25) is 19.6 Å². The maximum Gasteiger partial charge on any atom is 0.268 e. The molecule has 9 nitrogen and oxygen atoms in total. The van der Waals surface area contributed by atoms with Gasteiger partial charge >= 0.3 is 0 Å². The van der Waals surface area contributed by atoms with Gasteiger partial charge in [0.2, 0.25) is 5.91 Å². The van der Waals surface area contributed by atoms with Crippen molar-refractivity contribution in [2.45, 2.75) is 63.6 Å². The molecule has 1 aliphatic carbocycles. The number of amides is 3. The van der Waals surface area contributed by atoms with E-state index in [1.54, 1.807) is 24.3 Å². The predicted molar refractivity (Wildman–Crippen MR) is 148 cm³/mol. The highest BCUT2D eigenvalue weighted by atomic mass is 16.5. The molecule has 1 aliphatic rings. The zero-order valence-corrected chi connectivity index (χ0v) is 21.9. The second-order valence-electron chi connectivity index (χ2n) is 9.44. The maximum atomic E-state index is 12.3. The Morgan fingerprint density at radius 1 is 0.897 bits per heavy atom. The van der Waals surface area contributed by atoms with Gasteiger partial charge < -0.3 is 21.1 Å². The molecule has 0 spiro atoms. The van der Waals surface area contributed by atoms with Crippen LogP contribution in [0, 0.1) is 23.7 Å². The van der Waals surface area contributed by atoms with Crippen molar-refractivity contribution in [3.05, 3.63) is 65.2 Å². The molecule has 39 heavy (non-hydrogen) atoms. The summed E-state index contributed by atoms with van der Waals surface area (Å²) in [6, 6.07) is 12.7. The molecule has 3 amide bonds. The Labute approximate surface area is 228 Å². The predicted octanol–water partition coefficient (Wildman–Crippen LogP) is 2.33. The molecule has 2 aromatic rings. The number of hydrogen-bond acceptors (Lipinski definition) is 6. The van der Waals surface area contributed by atoms with E-state index < -0.39 is 24.0 Å². The monoisotopic (exact) mass is 530 g/mol. The SMILES string of the molecule is C[C@@H](O)[C@H](NC(=O)c1ccc(C#CC#Cc2ccc(NC(=O)CNC3CCCCCC3)cc2)cc1)C(=O)NO. The summed E-state index contributed by atoms with van der Waals surface area (Å²) in [4.78, 5) is 36.2. The van der Waals surface area contributed by atoms with E-state index in [1.807, 2.05) is 12.1 Å². The standard InChI is InChI=1S/C30H34N4O5/c1-21(35)28(30(38)34-39)33-29(37)24-16-12-22(13-17-24)8-6-7-9-23-14-18-26(19-15-23)32-27(36)20-31-25-10-4-2-3-5-11-25/h12-19,21,25,28,31,35,39H,2-5,10-11,20H2,1H3,(H,32,36)(H,33,37)(H,34,38)/t21-,28+/m1/s1. The number of benzene rings is 2. The first-order valence-corrected chi connectivity index (χ1v) is 13.0. The number of hydroxylamine groups is 1. The molecule has 6 N–H and O–H groups in total. The van der Waals surface area contributed by atoms with Crippen LogP contribution in [-0.4, -0.2) is 52.8 Å². The number of rotatable bonds is 8. The number of anilines is 1. The molecular weight excluding hydrogens is 496 g/mol. The Balaban J connectivity index is 1.48. The molecule has 1 saturated carbocycles. The van der Waals surface area contributed by atoms with E-state index in [2.05, 4.69) is 39.6 Å². The molecule has 0 radical (unpaired) electrons. The van der Waals surface area contributed by atoms with Crippen LogP contribution in [0.4, 0.5) is 5.69 Å². The smallest absolute Gasteiger partial charge is 0.268 e. The number of aliphatic hydroxyl groups is 1. The summed E-state index contributed by atoms with van der Waals surface area (Å²) in [6.45, 7) is 1.63. The number of carbonyl (C=O) groups excluding carboxylic acids is 3. The van der Waals surface area contributed by atoms with Crippen LogP contribution in [-0.2, 0) is 9.59 Å². The lowest BCUT2D eigenvalue weighted by Gasteiger charge is -2.19. The molecule has 0 saturated heterocycles. The Hall–Kier alpha value is -4.15. The van der Waals surface area contributed by atoms with Crippen molar-refractivity contribution in [2.75, 3.05) is 11.9 Å². The summed E-state index contributed by atoms with van der Waals surface area (Å²) >= 11 is 0. The minimum atomic E-state index is -1.30. The van der Waals surface area contributed by atoms with E-state index in [0.717, 1.165) is 18.4 Å². The van der Waals surface area contributed by atoms with E-state index in [4.69, 9.17) is 5.21 Å². The lowest BCUT2D eigenvalue weighted by atomic mass is 10.1. The summed E-state index contributed by atoms with van der Waals surface area (Å²) in [6.07, 6.45) is 6.06. The molecule has 0 aliphatic heterocycles. The highest BCUT2D eigenvalue weighted by Gasteiger charge is 2.25. The van der Waals surface area contributed by atoms with Gasteiger partial charge in [-0.1, -0.05) is 37.5 Å². The maximum absolute atomic E-state index is 12.3. The zero-order valence-electron chi connectivity index (χ0n) is 21.9. The van der Waals surface area contributed by atoms with Crippen LogP contribution < -0.4 is 21.4 Å². The van der Waals surface area contributed by atoms with Gasteiger partial charge in [0.15, 0.2) is 0 Å². The summed E-state index contributed by atoms with van der Waals surface area (Å²) in [7, 11) is 0. The number of carbonyl (C=O) groups is 3. The van der Waals surface area contributed by atoms with Crippen LogP contribution >= 0.6 is 0 Å². The molecule has 0 unspecified atom stereocenters. The van der Waals surface area contributed by atoms with Crippen LogP contribution in [0.2, 0.25) is 0 Å². The molecule has 204 valence electrons. The van der Waals surface area contributed by atoms with Crippen LogP contribution in [0.3, 0.4) is 0 Å². The van der Waals surface area contributed by atoms with Gasteiger partial charge in [-0.2, -0.15) is 0 Å². The summed E-state index contributed by atoms with van der Waals surface area (Å²) < 4.78 is 0. The first-order valence-electron chi connectivity index (χ1n) is 13.0. The average molecular weight is 531 g/mol. The number of hydrogen-bond donors (Lipinski definition) is 6. The lowest BCUT2D eigenvalue weighted by Crippen LogP contribution is -2.51. The number of nitrogens with one attached hydrogen (secondary N) is 4. The van der Waals surface area contributed by atoms with E-state index in [1.165, 1.54) is 50.2 Å². The Morgan fingerprint density at radius 3 is 2.00 bits per heavy atom. The van der Waals surface area contributed by atoms with Crippen LogP contribution in [0.1, 0.15) is 66.9 Å². The fourth-order valence-corrected chi connectivity index (χ4v) is 4.17. The van der Waals surface area contributed by atoms with Gasteiger partial charge in [0.1, 0.15) is 6.04 Å². The van der Waals surface area contributed by atoms with Crippen LogP contribution in [0.25, 0.3) is 0 Å². The first kappa shape index (κ1) is 29.4. The topological polar surface area (TPSA) is 140 Å². The zero-order chi connectivity index (χ0) is 28.0.